The van der Waals surface area contributed by atoms with Crippen LogP contribution in [0.1, 0.15) is 65.2 Å². The average Bonchev–Trinajstić information content (AvgIpc) is 2.75. The summed E-state index contributed by atoms with van der Waals surface area (Å²) in [4.78, 5) is 27.7. The Morgan fingerprint density at radius 1 is 0.966 bits per heavy atom. The average molecular weight is 398 g/mol. The SMILES string of the molecule is CC(C)(C(=O)NCCC1=CCCCC1)C(=O)Nc1ccc(N2CCCCC2)cc1. The zero-order valence-corrected chi connectivity index (χ0v) is 17.9. The Labute approximate surface area is 174 Å². The van der Waals surface area contributed by atoms with E-state index >= 15 is 0 Å². The van der Waals surface area contributed by atoms with Crippen LogP contribution in [0.3, 0.4) is 0 Å². The van der Waals surface area contributed by atoms with Gasteiger partial charge in [0.25, 0.3) is 0 Å². The fraction of sp³-hybridized carbons (Fsp3) is 0.583. The first-order chi connectivity index (χ1) is 14.0. The Kier molecular flexibility index (Phi) is 7.34. The molecule has 1 aromatic rings. The van der Waals surface area contributed by atoms with Gasteiger partial charge in [0.05, 0.1) is 0 Å². The standard InChI is InChI=1S/C24H35N3O2/c1-24(2,22(28)25-16-15-19-9-5-3-6-10-19)23(29)26-20-11-13-21(14-12-20)27-17-7-4-8-18-27/h9,11-14H,3-8,10,15-18H2,1-2H3,(H,25,28)(H,26,29). The molecule has 0 atom stereocenters. The Morgan fingerprint density at radius 2 is 1.69 bits per heavy atom. The van der Waals surface area contributed by atoms with E-state index in [1.807, 2.05) is 24.3 Å². The summed E-state index contributed by atoms with van der Waals surface area (Å²) in [6, 6.07) is 7.94. The van der Waals surface area contributed by atoms with Crippen molar-refractivity contribution in [1.29, 1.82) is 0 Å². The normalized spacial score (nSPS) is 17.4. The van der Waals surface area contributed by atoms with Crippen molar-refractivity contribution in [3.8, 4) is 0 Å². The number of nitrogens with one attached hydrogen (secondary N) is 2. The maximum absolute atomic E-state index is 12.7. The third-order valence-electron chi connectivity index (χ3n) is 6.10. The van der Waals surface area contributed by atoms with Crippen LogP contribution in [0, 0.1) is 5.41 Å². The third-order valence-corrected chi connectivity index (χ3v) is 6.10. The first-order valence-electron chi connectivity index (χ1n) is 11.1. The van der Waals surface area contributed by atoms with E-state index in [0.29, 0.717) is 6.54 Å². The van der Waals surface area contributed by atoms with Gasteiger partial charge in [-0.15, -0.1) is 0 Å². The number of hydrogen-bond donors (Lipinski definition) is 2. The lowest BCUT2D eigenvalue weighted by Gasteiger charge is -2.29. The van der Waals surface area contributed by atoms with Crippen LogP contribution in [0.4, 0.5) is 11.4 Å². The lowest BCUT2D eigenvalue weighted by atomic mass is 9.90. The van der Waals surface area contributed by atoms with Gasteiger partial charge in [-0.3, -0.25) is 9.59 Å². The van der Waals surface area contributed by atoms with Crippen molar-refractivity contribution in [2.45, 2.75) is 65.2 Å². The summed E-state index contributed by atoms with van der Waals surface area (Å²) < 4.78 is 0. The van der Waals surface area contributed by atoms with Crippen LogP contribution >= 0.6 is 0 Å². The van der Waals surface area contributed by atoms with Crippen LogP contribution in [0.5, 0.6) is 0 Å². The van der Waals surface area contributed by atoms with Crippen LogP contribution in [-0.2, 0) is 9.59 Å². The van der Waals surface area contributed by atoms with Crippen LogP contribution in [0.25, 0.3) is 0 Å². The number of rotatable bonds is 7. The van der Waals surface area contributed by atoms with Gasteiger partial charge in [-0.1, -0.05) is 11.6 Å². The van der Waals surface area contributed by atoms with E-state index in [2.05, 4.69) is 21.6 Å². The van der Waals surface area contributed by atoms with Crippen molar-refractivity contribution in [1.82, 2.24) is 5.32 Å². The molecule has 0 radical (unpaired) electrons. The zero-order chi connectivity index (χ0) is 20.7. The molecular weight excluding hydrogens is 362 g/mol. The number of anilines is 2. The largest absolute Gasteiger partial charge is 0.372 e. The van der Waals surface area contributed by atoms with Crippen molar-refractivity contribution in [2.24, 2.45) is 5.41 Å². The first-order valence-corrected chi connectivity index (χ1v) is 11.1. The lowest BCUT2D eigenvalue weighted by Crippen LogP contribution is -2.45. The summed E-state index contributed by atoms with van der Waals surface area (Å²) in [7, 11) is 0. The molecule has 1 fully saturated rings. The predicted molar refractivity (Wildman–Crippen MR) is 119 cm³/mol. The van der Waals surface area contributed by atoms with Crippen LogP contribution < -0.4 is 15.5 Å². The Balaban J connectivity index is 1.49. The summed E-state index contributed by atoms with van der Waals surface area (Å²) in [5.41, 5.74) is 2.22. The molecule has 1 aliphatic carbocycles. The highest BCUT2D eigenvalue weighted by molar-refractivity contribution is 6.09. The highest BCUT2D eigenvalue weighted by atomic mass is 16.2. The topological polar surface area (TPSA) is 61.4 Å². The van der Waals surface area contributed by atoms with Crippen molar-refractivity contribution in [2.75, 3.05) is 29.9 Å². The second-order valence-electron chi connectivity index (χ2n) is 8.79. The van der Waals surface area contributed by atoms with Gasteiger partial charge in [0.1, 0.15) is 5.41 Å². The van der Waals surface area contributed by atoms with E-state index in [1.165, 1.54) is 43.4 Å². The van der Waals surface area contributed by atoms with E-state index in [4.69, 9.17) is 0 Å². The maximum atomic E-state index is 12.7. The first kappa shape index (κ1) is 21.4. The van der Waals surface area contributed by atoms with Gasteiger partial charge in [0.15, 0.2) is 0 Å². The number of carbonyl (C=O) groups excluding carboxylic acids is 2. The monoisotopic (exact) mass is 397 g/mol. The van der Waals surface area contributed by atoms with Crippen LogP contribution in [0.15, 0.2) is 35.9 Å². The molecule has 1 aliphatic heterocycles. The van der Waals surface area contributed by atoms with E-state index in [9.17, 15) is 9.59 Å². The molecule has 1 saturated heterocycles. The molecule has 1 aromatic carbocycles. The van der Waals surface area contributed by atoms with Gasteiger partial charge in [-0.05, 0) is 89.5 Å². The van der Waals surface area contributed by atoms with Gasteiger partial charge < -0.3 is 15.5 Å². The zero-order valence-electron chi connectivity index (χ0n) is 17.9. The Morgan fingerprint density at radius 3 is 2.34 bits per heavy atom. The molecular formula is C24H35N3O2. The molecule has 2 N–H and O–H groups in total. The summed E-state index contributed by atoms with van der Waals surface area (Å²) in [6.07, 6.45) is 11.7. The van der Waals surface area contributed by atoms with Crippen molar-refractivity contribution in [3.05, 3.63) is 35.9 Å². The van der Waals surface area contributed by atoms with E-state index in [1.54, 1.807) is 13.8 Å². The van der Waals surface area contributed by atoms with E-state index in [-0.39, 0.29) is 11.8 Å². The molecule has 0 bridgehead atoms. The number of allylic oxidation sites excluding steroid dienone is 1. The summed E-state index contributed by atoms with van der Waals surface area (Å²) in [6.45, 7) is 6.14. The molecule has 5 heteroatoms. The minimum Gasteiger partial charge on any atom is -0.372 e. The van der Waals surface area contributed by atoms with E-state index < -0.39 is 5.41 Å². The molecule has 5 nitrogen and oxygen atoms in total. The molecule has 0 saturated carbocycles. The molecule has 2 aliphatic rings. The summed E-state index contributed by atoms with van der Waals surface area (Å²) in [5.74, 6) is -0.506. The van der Waals surface area contributed by atoms with Gasteiger partial charge in [0, 0.05) is 31.0 Å². The van der Waals surface area contributed by atoms with Gasteiger partial charge in [0.2, 0.25) is 11.8 Å². The van der Waals surface area contributed by atoms with E-state index in [0.717, 1.165) is 38.0 Å². The number of amides is 2. The van der Waals surface area contributed by atoms with Crippen molar-refractivity contribution >= 4 is 23.2 Å². The predicted octanol–water partition coefficient (Wildman–Crippen LogP) is 4.65. The van der Waals surface area contributed by atoms with Gasteiger partial charge >= 0.3 is 0 Å². The molecule has 2 amide bonds. The minimum absolute atomic E-state index is 0.226. The summed E-state index contributed by atoms with van der Waals surface area (Å²) in [5, 5.41) is 5.85. The maximum Gasteiger partial charge on any atom is 0.239 e. The highest BCUT2D eigenvalue weighted by Crippen LogP contribution is 2.24. The second kappa shape index (κ2) is 9.95. The number of piperidine rings is 1. The van der Waals surface area contributed by atoms with Crippen LogP contribution in [-0.4, -0.2) is 31.4 Å². The third kappa shape index (κ3) is 5.84. The van der Waals surface area contributed by atoms with Crippen molar-refractivity contribution in [3.63, 3.8) is 0 Å². The Hall–Kier alpha value is -2.30. The molecule has 0 aromatic heterocycles. The number of carbonyl (C=O) groups is 2. The molecule has 29 heavy (non-hydrogen) atoms. The molecule has 158 valence electrons. The second-order valence-corrected chi connectivity index (χ2v) is 8.79. The van der Waals surface area contributed by atoms with Gasteiger partial charge in [-0.25, -0.2) is 0 Å². The Bertz CT molecular complexity index is 731. The molecule has 3 rings (SSSR count). The highest BCUT2D eigenvalue weighted by Gasteiger charge is 2.35. The molecule has 0 unspecified atom stereocenters. The number of nitrogens with zero attached hydrogens (tertiary/aromatic N) is 1. The van der Waals surface area contributed by atoms with Gasteiger partial charge in [-0.2, -0.15) is 0 Å². The minimum atomic E-state index is -1.12. The van der Waals surface area contributed by atoms with Crippen molar-refractivity contribution < 1.29 is 9.59 Å². The fourth-order valence-corrected chi connectivity index (χ4v) is 3.99. The smallest absolute Gasteiger partial charge is 0.239 e. The quantitative estimate of drug-likeness (QED) is 0.520. The summed E-state index contributed by atoms with van der Waals surface area (Å²) >= 11 is 0. The number of hydrogen-bond acceptors (Lipinski definition) is 3. The molecule has 1 heterocycles. The fourth-order valence-electron chi connectivity index (χ4n) is 3.99. The number of benzene rings is 1. The lowest BCUT2D eigenvalue weighted by molar-refractivity contribution is -0.138. The van der Waals surface area contributed by atoms with Crippen LogP contribution in [0.2, 0.25) is 0 Å². The molecule has 0 spiro atoms.